The van der Waals surface area contributed by atoms with Gasteiger partial charge in [0.2, 0.25) is 10.0 Å². The summed E-state index contributed by atoms with van der Waals surface area (Å²) < 4.78 is 33.4. The highest BCUT2D eigenvalue weighted by Gasteiger charge is 2.28. The second kappa shape index (κ2) is 8.29. The summed E-state index contributed by atoms with van der Waals surface area (Å²) in [5.74, 6) is 0.659. The number of benzene rings is 1. The number of anilines is 1. The molecule has 152 valence electrons. The maximum absolute atomic E-state index is 13.1. The number of nitrogen functional groups attached to an aromatic ring is 1. The maximum Gasteiger partial charge on any atom is 0.253 e. The lowest BCUT2D eigenvalue weighted by molar-refractivity contribution is 0.222. The van der Waals surface area contributed by atoms with Crippen molar-refractivity contribution >= 4 is 15.8 Å². The van der Waals surface area contributed by atoms with Crippen LogP contribution in [0.15, 0.2) is 34.0 Å². The van der Waals surface area contributed by atoms with E-state index in [9.17, 15) is 13.2 Å². The summed E-state index contributed by atoms with van der Waals surface area (Å²) in [4.78, 5) is 20.8. The average Bonchev–Trinajstić information content (AvgIpc) is 2.65. The number of ether oxygens (including phenoxy) is 1. The average molecular weight is 407 g/mol. The number of rotatable bonds is 6. The van der Waals surface area contributed by atoms with E-state index in [-0.39, 0.29) is 16.5 Å². The minimum absolute atomic E-state index is 0.0486. The topological polar surface area (TPSA) is 122 Å². The summed E-state index contributed by atoms with van der Waals surface area (Å²) in [7, 11) is -1.71. The van der Waals surface area contributed by atoms with E-state index >= 15 is 0 Å². The number of hydrogen-bond acceptors (Lipinski definition) is 7. The molecular weight excluding hydrogens is 382 g/mol. The number of nitrogens with one attached hydrogen (secondary N) is 1. The van der Waals surface area contributed by atoms with Crippen molar-refractivity contribution in [2.75, 3.05) is 45.6 Å². The van der Waals surface area contributed by atoms with Crippen LogP contribution >= 0.6 is 0 Å². The molecule has 1 aliphatic heterocycles. The Balaban J connectivity index is 2.05. The summed E-state index contributed by atoms with van der Waals surface area (Å²) in [5.41, 5.74) is 5.66. The van der Waals surface area contributed by atoms with Crippen LogP contribution < -0.4 is 16.0 Å². The Morgan fingerprint density at radius 2 is 1.93 bits per heavy atom. The molecular formula is C18H25N5O4S. The molecule has 1 aliphatic rings. The summed E-state index contributed by atoms with van der Waals surface area (Å²) in [6.07, 6.45) is 0.779. The van der Waals surface area contributed by atoms with E-state index in [0.29, 0.717) is 44.1 Å². The van der Waals surface area contributed by atoms with Crippen LogP contribution in [0.5, 0.6) is 5.75 Å². The first kappa shape index (κ1) is 20.3. The van der Waals surface area contributed by atoms with Crippen LogP contribution in [-0.2, 0) is 10.0 Å². The van der Waals surface area contributed by atoms with Crippen LogP contribution in [0.2, 0.25) is 0 Å². The molecule has 0 spiro atoms. The van der Waals surface area contributed by atoms with Gasteiger partial charge in [-0.05, 0) is 31.7 Å². The molecule has 1 aromatic heterocycles. The summed E-state index contributed by atoms with van der Waals surface area (Å²) in [6.45, 7) is 4.61. The van der Waals surface area contributed by atoms with E-state index < -0.39 is 15.6 Å². The Hall–Kier alpha value is -2.43. The quantitative estimate of drug-likeness (QED) is 0.724. The van der Waals surface area contributed by atoms with Crippen molar-refractivity contribution in [2.24, 2.45) is 0 Å². The van der Waals surface area contributed by atoms with Gasteiger partial charge in [0.05, 0.1) is 17.1 Å². The van der Waals surface area contributed by atoms with Gasteiger partial charge in [0.25, 0.3) is 5.56 Å². The molecule has 1 fully saturated rings. The highest BCUT2D eigenvalue weighted by molar-refractivity contribution is 7.89. The van der Waals surface area contributed by atoms with Gasteiger partial charge in [0.1, 0.15) is 17.4 Å². The van der Waals surface area contributed by atoms with Crippen LogP contribution in [0.4, 0.5) is 5.82 Å². The first-order chi connectivity index (χ1) is 13.3. The lowest BCUT2D eigenvalue weighted by atomic mass is 10.2. The van der Waals surface area contributed by atoms with Gasteiger partial charge in [-0.3, -0.25) is 4.79 Å². The zero-order chi connectivity index (χ0) is 20.3. The second-order valence-corrected chi connectivity index (χ2v) is 8.67. The van der Waals surface area contributed by atoms with Crippen LogP contribution in [0, 0.1) is 0 Å². The number of sulfonamides is 1. The lowest BCUT2D eigenvalue weighted by Crippen LogP contribution is -2.47. The predicted molar refractivity (Wildman–Crippen MR) is 107 cm³/mol. The number of aromatic amines is 1. The Morgan fingerprint density at radius 3 is 2.57 bits per heavy atom. The van der Waals surface area contributed by atoms with E-state index in [2.05, 4.69) is 14.9 Å². The van der Waals surface area contributed by atoms with Gasteiger partial charge in [0, 0.05) is 32.2 Å². The normalized spacial score (nSPS) is 16.2. The molecule has 3 N–H and O–H groups in total. The maximum atomic E-state index is 13.1. The van der Waals surface area contributed by atoms with Crippen LogP contribution in [0.3, 0.4) is 0 Å². The third-order valence-corrected chi connectivity index (χ3v) is 6.42. The minimum atomic E-state index is -3.67. The standard InChI is InChI=1S/C18H25N5O4S/c1-3-10-27-15-5-4-13(28(25,26)23-8-6-22(2)7-9-23)11-14(15)18-20-16(19)12-17(24)21-18/h4-5,11-12H,3,6-10H2,1-2H3,(H3,19,20,21,24). The fourth-order valence-electron chi connectivity index (χ4n) is 2.97. The van der Waals surface area contributed by atoms with Gasteiger partial charge in [-0.25, -0.2) is 13.4 Å². The van der Waals surface area contributed by atoms with Crippen molar-refractivity contribution < 1.29 is 13.2 Å². The zero-order valence-electron chi connectivity index (χ0n) is 16.0. The highest BCUT2D eigenvalue weighted by Crippen LogP contribution is 2.31. The monoisotopic (exact) mass is 407 g/mol. The summed E-state index contributed by atoms with van der Waals surface area (Å²) >= 11 is 0. The molecule has 0 unspecified atom stereocenters. The third kappa shape index (κ3) is 4.34. The van der Waals surface area contributed by atoms with Crippen LogP contribution in [0.1, 0.15) is 13.3 Å². The van der Waals surface area contributed by atoms with Gasteiger partial charge in [0.15, 0.2) is 0 Å². The molecule has 0 atom stereocenters. The van der Waals surface area contributed by atoms with Gasteiger partial charge in [-0.1, -0.05) is 6.92 Å². The number of aromatic nitrogens is 2. The zero-order valence-corrected chi connectivity index (χ0v) is 16.8. The smallest absolute Gasteiger partial charge is 0.253 e. The number of nitrogens with two attached hydrogens (primary N) is 1. The fourth-order valence-corrected chi connectivity index (χ4v) is 4.42. The number of hydrogen-bond donors (Lipinski definition) is 2. The van der Waals surface area contributed by atoms with Crippen LogP contribution in [0.25, 0.3) is 11.4 Å². The van der Waals surface area contributed by atoms with E-state index in [4.69, 9.17) is 10.5 Å². The Morgan fingerprint density at radius 1 is 1.21 bits per heavy atom. The molecule has 28 heavy (non-hydrogen) atoms. The third-order valence-electron chi connectivity index (χ3n) is 4.53. The summed E-state index contributed by atoms with van der Waals surface area (Å²) in [6, 6.07) is 5.76. The molecule has 1 saturated heterocycles. The molecule has 0 radical (unpaired) electrons. The van der Waals surface area contributed by atoms with Gasteiger partial charge in [-0.15, -0.1) is 0 Å². The SMILES string of the molecule is CCCOc1ccc(S(=O)(=O)N2CCN(C)CC2)cc1-c1nc(N)cc(=O)[nH]1. The van der Waals surface area contributed by atoms with E-state index in [0.717, 1.165) is 6.42 Å². The van der Waals surface area contributed by atoms with Crippen LogP contribution in [-0.4, -0.2) is 67.4 Å². The van der Waals surface area contributed by atoms with E-state index in [1.165, 1.54) is 22.5 Å². The van der Waals surface area contributed by atoms with Crippen molar-refractivity contribution in [1.82, 2.24) is 19.2 Å². The highest BCUT2D eigenvalue weighted by atomic mass is 32.2. The molecule has 0 saturated carbocycles. The second-order valence-electron chi connectivity index (χ2n) is 6.73. The molecule has 2 aromatic rings. The van der Waals surface area contributed by atoms with Crippen molar-refractivity contribution in [3.05, 3.63) is 34.6 Å². The first-order valence-corrected chi connectivity index (χ1v) is 10.6. The molecule has 1 aromatic carbocycles. The van der Waals surface area contributed by atoms with Crippen molar-refractivity contribution in [2.45, 2.75) is 18.2 Å². The number of piperazine rings is 1. The first-order valence-electron chi connectivity index (χ1n) is 9.14. The predicted octanol–water partition coefficient (Wildman–Crippen LogP) is 0.744. The molecule has 3 rings (SSSR count). The fraction of sp³-hybridized carbons (Fsp3) is 0.444. The Bertz CT molecular complexity index is 997. The van der Waals surface area contributed by atoms with E-state index in [1.807, 2.05) is 14.0 Å². The molecule has 0 amide bonds. The Kier molecular flexibility index (Phi) is 6.01. The largest absolute Gasteiger partial charge is 0.493 e. The van der Waals surface area contributed by atoms with Crippen molar-refractivity contribution in [3.8, 4) is 17.1 Å². The van der Waals surface area contributed by atoms with Crippen molar-refractivity contribution in [3.63, 3.8) is 0 Å². The van der Waals surface area contributed by atoms with Gasteiger partial charge < -0.3 is 20.4 Å². The number of H-pyrrole nitrogens is 1. The molecule has 0 aliphatic carbocycles. The molecule has 9 nitrogen and oxygen atoms in total. The summed E-state index contributed by atoms with van der Waals surface area (Å²) in [5, 5.41) is 0. The van der Waals surface area contributed by atoms with Gasteiger partial charge >= 0.3 is 0 Å². The lowest BCUT2D eigenvalue weighted by Gasteiger charge is -2.31. The number of nitrogens with zero attached hydrogens (tertiary/aromatic N) is 3. The molecule has 0 bridgehead atoms. The van der Waals surface area contributed by atoms with E-state index in [1.54, 1.807) is 6.07 Å². The molecule has 2 heterocycles. The number of likely N-dealkylation sites (N-methyl/N-ethyl adjacent to an activating group) is 1. The minimum Gasteiger partial charge on any atom is -0.493 e. The molecule has 10 heteroatoms. The van der Waals surface area contributed by atoms with Gasteiger partial charge in [-0.2, -0.15) is 4.31 Å². The van der Waals surface area contributed by atoms with Crippen molar-refractivity contribution in [1.29, 1.82) is 0 Å². The Labute approximate surface area is 164 Å².